The molecule has 0 amide bonds. The fourth-order valence-corrected chi connectivity index (χ4v) is 3.14. The third kappa shape index (κ3) is 1.60. The van der Waals surface area contributed by atoms with Gasteiger partial charge in [0.1, 0.15) is 0 Å². The van der Waals surface area contributed by atoms with E-state index in [1.807, 2.05) is 6.08 Å². The van der Waals surface area contributed by atoms with Crippen LogP contribution in [-0.2, 0) is 6.42 Å². The number of hydrogen-bond donors (Lipinski definition) is 0. The number of rotatable bonds is 4. The van der Waals surface area contributed by atoms with Crippen molar-refractivity contribution in [2.75, 3.05) is 0 Å². The van der Waals surface area contributed by atoms with E-state index in [1.165, 1.54) is 23.1 Å². The zero-order valence-electron chi connectivity index (χ0n) is 10.6. The molecule has 0 bridgehead atoms. The smallest absolute Gasteiger partial charge is 0.0201 e. The van der Waals surface area contributed by atoms with Crippen LogP contribution < -0.4 is 0 Å². The molecule has 0 aromatic heterocycles. The first-order chi connectivity index (χ1) is 8.80. The largest absolute Gasteiger partial charge is 0.102 e. The van der Waals surface area contributed by atoms with Crippen molar-refractivity contribution in [3.05, 3.63) is 84.5 Å². The Hall–Kier alpha value is -1.82. The minimum atomic E-state index is 0.195. The van der Waals surface area contributed by atoms with Gasteiger partial charge in [0.25, 0.3) is 0 Å². The van der Waals surface area contributed by atoms with E-state index in [4.69, 9.17) is 0 Å². The van der Waals surface area contributed by atoms with Crippen LogP contribution in [0.5, 0.6) is 0 Å². The minimum Gasteiger partial charge on any atom is -0.102 e. The second kappa shape index (κ2) is 4.13. The molecule has 1 aromatic rings. The molecule has 0 spiro atoms. The summed E-state index contributed by atoms with van der Waals surface area (Å²) in [6.07, 6.45) is 10.9. The number of fused-ring (bicyclic) bond motifs is 1. The van der Waals surface area contributed by atoms with Crippen LogP contribution in [0.4, 0.5) is 0 Å². The lowest BCUT2D eigenvalue weighted by atomic mass is 9.84. The van der Waals surface area contributed by atoms with E-state index in [9.17, 15) is 0 Å². The molecular weight excluding hydrogens is 216 g/mol. The Morgan fingerprint density at radius 2 is 1.94 bits per heavy atom. The summed E-state index contributed by atoms with van der Waals surface area (Å²) in [4.78, 5) is 0. The Labute approximate surface area is 109 Å². The minimum absolute atomic E-state index is 0.195. The van der Waals surface area contributed by atoms with Crippen LogP contribution >= 0.6 is 0 Å². The standard InChI is InChI=1S/C18H18/c1-3-16-11-10-15(17-13-18(16,17)4-2)12-14-8-6-5-7-9-14/h3-11,17H,1-2,12-13H2. The molecule has 0 aliphatic heterocycles. The highest BCUT2D eigenvalue weighted by atomic mass is 14.6. The van der Waals surface area contributed by atoms with Crippen molar-refractivity contribution in [1.29, 1.82) is 0 Å². The van der Waals surface area contributed by atoms with E-state index in [0.29, 0.717) is 5.92 Å². The van der Waals surface area contributed by atoms with E-state index in [-0.39, 0.29) is 5.41 Å². The van der Waals surface area contributed by atoms with Crippen molar-refractivity contribution in [3.63, 3.8) is 0 Å². The molecule has 18 heavy (non-hydrogen) atoms. The quantitative estimate of drug-likeness (QED) is 0.674. The Kier molecular flexibility index (Phi) is 2.59. The maximum atomic E-state index is 4.02. The van der Waals surface area contributed by atoms with E-state index in [2.05, 4.69) is 61.7 Å². The molecule has 2 atom stereocenters. The molecule has 0 heteroatoms. The highest BCUT2D eigenvalue weighted by Crippen LogP contribution is 2.64. The van der Waals surface area contributed by atoms with Gasteiger partial charge in [0.2, 0.25) is 0 Å². The molecular formula is C18H18. The first-order valence-corrected chi connectivity index (χ1v) is 6.51. The molecule has 0 saturated heterocycles. The molecule has 90 valence electrons. The summed E-state index contributed by atoms with van der Waals surface area (Å²) >= 11 is 0. The lowest BCUT2D eigenvalue weighted by molar-refractivity contribution is 0.708. The van der Waals surface area contributed by atoms with Gasteiger partial charge in [0.05, 0.1) is 0 Å². The summed E-state index contributed by atoms with van der Waals surface area (Å²) in [5.74, 6) is 0.646. The van der Waals surface area contributed by atoms with Crippen molar-refractivity contribution >= 4 is 0 Å². The van der Waals surface area contributed by atoms with Gasteiger partial charge in [0.15, 0.2) is 0 Å². The van der Waals surface area contributed by atoms with Crippen molar-refractivity contribution in [2.45, 2.75) is 12.8 Å². The zero-order valence-corrected chi connectivity index (χ0v) is 10.6. The monoisotopic (exact) mass is 234 g/mol. The Bertz CT molecular complexity index is 545. The van der Waals surface area contributed by atoms with Crippen molar-refractivity contribution < 1.29 is 0 Å². The van der Waals surface area contributed by atoms with Crippen molar-refractivity contribution in [1.82, 2.24) is 0 Å². The molecule has 3 rings (SSSR count). The maximum absolute atomic E-state index is 4.02. The van der Waals surface area contributed by atoms with Gasteiger partial charge >= 0.3 is 0 Å². The summed E-state index contributed by atoms with van der Waals surface area (Å²) in [6, 6.07) is 10.7. The Balaban J connectivity index is 1.88. The number of benzene rings is 1. The second-order valence-electron chi connectivity index (χ2n) is 5.23. The molecule has 2 aliphatic carbocycles. The van der Waals surface area contributed by atoms with Gasteiger partial charge in [-0.25, -0.2) is 0 Å². The molecule has 1 aromatic carbocycles. The Morgan fingerprint density at radius 3 is 2.61 bits per heavy atom. The fraction of sp³-hybridized carbons (Fsp3) is 0.222. The summed E-state index contributed by atoms with van der Waals surface area (Å²) < 4.78 is 0. The van der Waals surface area contributed by atoms with Gasteiger partial charge in [-0.3, -0.25) is 0 Å². The topological polar surface area (TPSA) is 0 Å². The molecule has 0 nitrogen and oxygen atoms in total. The SMILES string of the molecule is C=CC1=CC=C(Cc2ccccc2)C2CC12C=C. The third-order valence-electron chi connectivity index (χ3n) is 4.30. The summed E-state index contributed by atoms with van der Waals surface area (Å²) in [6.45, 7) is 7.94. The van der Waals surface area contributed by atoms with Crippen LogP contribution in [0.15, 0.2) is 78.9 Å². The lowest BCUT2D eigenvalue weighted by Crippen LogP contribution is -2.09. The lowest BCUT2D eigenvalue weighted by Gasteiger charge is -2.20. The normalized spacial score (nSPS) is 28.8. The Morgan fingerprint density at radius 1 is 1.17 bits per heavy atom. The maximum Gasteiger partial charge on any atom is 0.0201 e. The van der Waals surface area contributed by atoms with E-state index in [0.717, 1.165) is 6.42 Å². The van der Waals surface area contributed by atoms with Crippen molar-refractivity contribution in [3.8, 4) is 0 Å². The molecule has 0 heterocycles. The number of allylic oxidation sites excluding steroid dienone is 6. The van der Waals surface area contributed by atoms with Crippen LogP contribution in [0.1, 0.15) is 12.0 Å². The summed E-state index contributed by atoms with van der Waals surface area (Å²) in [7, 11) is 0. The van der Waals surface area contributed by atoms with Gasteiger partial charge in [0, 0.05) is 5.41 Å². The van der Waals surface area contributed by atoms with Crippen LogP contribution in [0.2, 0.25) is 0 Å². The van der Waals surface area contributed by atoms with Crippen molar-refractivity contribution in [2.24, 2.45) is 11.3 Å². The molecule has 0 radical (unpaired) electrons. The second-order valence-corrected chi connectivity index (χ2v) is 5.23. The molecule has 2 unspecified atom stereocenters. The van der Waals surface area contributed by atoms with E-state index >= 15 is 0 Å². The molecule has 2 aliphatic rings. The first-order valence-electron chi connectivity index (χ1n) is 6.51. The molecule has 1 saturated carbocycles. The average molecular weight is 234 g/mol. The van der Waals surface area contributed by atoms with Crippen LogP contribution in [0.3, 0.4) is 0 Å². The highest BCUT2D eigenvalue weighted by molar-refractivity contribution is 5.50. The van der Waals surface area contributed by atoms with Gasteiger partial charge in [-0.15, -0.1) is 6.58 Å². The highest BCUT2D eigenvalue weighted by Gasteiger charge is 2.55. The predicted molar refractivity (Wildman–Crippen MR) is 77.2 cm³/mol. The van der Waals surface area contributed by atoms with Gasteiger partial charge in [-0.2, -0.15) is 0 Å². The number of hydrogen-bond acceptors (Lipinski definition) is 0. The molecule has 1 fully saturated rings. The summed E-state index contributed by atoms with van der Waals surface area (Å²) in [5, 5.41) is 0. The third-order valence-corrected chi connectivity index (χ3v) is 4.30. The van der Waals surface area contributed by atoms with Crippen LogP contribution in [0.25, 0.3) is 0 Å². The van der Waals surface area contributed by atoms with E-state index < -0.39 is 0 Å². The van der Waals surface area contributed by atoms with Gasteiger partial charge in [-0.05, 0) is 29.9 Å². The summed E-state index contributed by atoms with van der Waals surface area (Å²) in [5.41, 5.74) is 4.45. The average Bonchev–Trinajstić information content (AvgIpc) is 3.17. The van der Waals surface area contributed by atoms with Crippen LogP contribution in [0, 0.1) is 11.3 Å². The van der Waals surface area contributed by atoms with Crippen LogP contribution in [-0.4, -0.2) is 0 Å². The van der Waals surface area contributed by atoms with Gasteiger partial charge < -0.3 is 0 Å². The first kappa shape index (κ1) is 11.3. The zero-order chi connectivity index (χ0) is 12.6. The van der Waals surface area contributed by atoms with Gasteiger partial charge in [-0.1, -0.05) is 66.8 Å². The molecule has 0 N–H and O–H groups in total. The fourth-order valence-electron chi connectivity index (χ4n) is 3.14. The predicted octanol–water partition coefficient (Wildman–Crippen LogP) is 4.47. The van der Waals surface area contributed by atoms with E-state index in [1.54, 1.807) is 0 Å².